The fourth-order valence-corrected chi connectivity index (χ4v) is 3.15. The number of alkyl halides is 2. The molecule has 0 radical (unpaired) electrons. The fraction of sp³-hybridized carbons (Fsp3) is 0.579. The molecule has 1 N–H and O–H groups in total. The van der Waals surface area contributed by atoms with Gasteiger partial charge in [0.1, 0.15) is 11.9 Å². The molecule has 0 bridgehead atoms. The lowest BCUT2D eigenvalue weighted by Crippen LogP contribution is -2.27. The van der Waals surface area contributed by atoms with Crippen LogP contribution in [0.2, 0.25) is 0 Å². The van der Waals surface area contributed by atoms with Gasteiger partial charge >= 0.3 is 6.61 Å². The molecule has 0 amide bonds. The van der Waals surface area contributed by atoms with Crippen LogP contribution in [0.25, 0.3) is 10.9 Å². The maximum atomic E-state index is 12.0. The largest absolute Gasteiger partial charge is 0.488 e. The molecule has 1 fully saturated rings. The molecule has 1 aromatic carbocycles. The summed E-state index contributed by atoms with van der Waals surface area (Å²) in [4.78, 5) is 5.27. The van der Waals surface area contributed by atoms with Gasteiger partial charge in [0.25, 0.3) is 0 Å². The van der Waals surface area contributed by atoms with Gasteiger partial charge in [-0.05, 0) is 50.1 Å². The van der Waals surface area contributed by atoms with Crippen LogP contribution < -0.4 is 4.74 Å². The van der Waals surface area contributed by atoms with Crippen molar-refractivity contribution >= 4 is 10.9 Å². The lowest BCUT2D eigenvalue weighted by Gasteiger charge is -2.23. The maximum absolute atomic E-state index is 12.0. The predicted octanol–water partition coefficient (Wildman–Crippen LogP) is 3.44. The fourth-order valence-electron chi connectivity index (χ4n) is 3.15. The Morgan fingerprint density at radius 2 is 2.23 bits per heavy atom. The van der Waals surface area contributed by atoms with Crippen LogP contribution in [0.15, 0.2) is 24.4 Å². The number of fused-ring (bicyclic) bond motifs is 1. The first-order valence-electron chi connectivity index (χ1n) is 9.04. The van der Waals surface area contributed by atoms with E-state index in [4.69, 9.17) is 9.47 Å². The third kappa shape index (κ3) is 5.40. The minimum atomic E-state index is -2.70. The number of nitrogens with one attached hydrogen (secondary N) is 1. The van der Waals surface area contributed by atoms with Crippen molar-refractivity contribution in [2.45, 2.75) is 32.0 Å². The van der Waals surface area contributed by atoms with Gasteiger partial charge in [-0.1, -0.05) is 0 Å². The third-order valence-corrected chi connectivity index (χ3v) is 4.64. The molecule has 2 heterocycles. The van der Waals surface area contributed by atoms with Gasteiger partial charge in [0.05, 0.1) is 13.2 Å². The first-order valence-corrected chi connectivity index (χ1v) is 9.04. The Bertz CT molecular complexity index is 686. The molecule has 3 rings (SSSR count). The molecule has 0 spiro atoms. The van der Waals surface area contributed by atoms with Crippen LogP contribution in [0, 0.1) is 0 Å². The van der Waals surface area contributed by atoms with E-state index in [9.17, 15) is 8.78 Å². The third-order valence-electron chi connectivity index (χ3n) is 4.64. The van der Waals surface area contributed by atoms with Crippen molar-refractivity contribution in [1.29, 1.82) is 0 Å². The molecule has 2 aromatic rings. The Labute approximate surface area is 152 Å². The average Bonchev–Trinajstić information content (AvgIpc) is 3.03. The van der Waals surface area contributed by atoms with Crippen molar-refractivity contribution in [3.05, 3.63) is 30.0 Å². The van der Waals surface area contributed by atoms with E-state index in [0.717, 1.165) is 49.1 Å². The first kappa shape index (κ1) is 19.1. The minimum Gasteiger partial charge on any atom is -0.488 e. The van der Waals surface area contributed by atoms with Gasteiger partial charge in [0.2, 0.25) is 0 Å². The highest BCUT2D eigenvalue weighted by Crippen LogP contribution is 2.26. The molecule has 1 atom stereocenters. The number of ether oxygens (including phenoxy) is 3. The average molecular weight is 368 g/mol. The van der Waals surface area contributed by atoms with Crippen molar-refractivity contribution in [2.24, 2.45) is 0 Å². The number of H-pyrrole nitrogens is 1. The standard InChI is InChI=1S/C19H26F2N2O3/c1-23(8-10-25-19(20)21)7-6-14-12-22-18-5-4-15(11-17(14)18)26-16-3-2-9-24-13-16/h4-5,11-12,16,19,22H,2-3,6-10,13H2,1H3/t16-/m0/s1. The number of aromatic amines is 1. The molecular formula is C19H26F2N2O3. The summed E-state index contributed by atoms with van der Waals surface area (Å²) in [5.41, 5.74) is 2.25. The van der Waals surface area contributed by atoms with Crippen molar-refractivity contribution in [3.8, 4) is 5.75 Å². The van der Waals surface area contributed by atoms with Crippen LogP contribution in [0.4, 0.5) is 8.78 Å². The van der Waals surface area contributed by atoms with Gasteiger partial charge < -0.3 is 24.1 Å². The monoisotopic (exact) mass is 368 g/mol. The van der Waals surface area contributed by atoms with E-state index in [1.807, 2.05) is 30.3 Å². The van der Waals surface area contributed by atoms with Gasteiger partial charge in [-0.25, -0.2) is 0 Å². The van der Waals surface area contributed by atoms with E-state index < -0.39 is 6.61 Å². The molecule has 5 nitrogen and oxygen atoms in total. The van der Waals surface area contributed by atoms with E-state index in [1.165, 1.54) is 5.56 Å². The summed E-state index contributed by atoms with van der Waals surface area (Å²) < 4.78 is 39.8. The molecule has 1 aliphatic rings. The molecule has 1 saturated heterocycles. The zero-order valence-corrected chi connectivity index (χ0v) is 15.0. The number of hydrogen-bond donors (Lipinski definition) is 1. The quantitative estimate of drug-likeness (QED) is 0.737. The van der Waals surface area contributed by atoms with E-state index in [2.05, 4.69) is 15.8 Å². The van der Waals surface area contributed by atoms with Crippen molar-refractivity contribution in [1.82, 2.24) is 9.88 Å². The highest BCUT2D eigenvalue weighted by molar-refractivity contribution is 5.84. The molecular weight excluding hydrogens is 342 g/mol. The number of benzene rings is 1. The Kier molecular flexibility index (Phi) is 6.82. The topological polar surface area (TPSA) is 46.7 Å². The van der Waals surface area contributed by atoms with Crippen LogP contribution in [-0.2, 0) is 15.9 Å². The minimum absolute atomic E-state index is 0.0312. The Hall–Kier alpha value is -1.70. The summed E-state index contributed by atoms with van der Waals surface area (Å²) >= 11 is 0. The summed E-state index contributed by atoms with van der Waals surface area (Å²) in [6.45, 7) is 0.0260. The number of likely N-dealkylation sites (N-methyl/N-ethyl adjacent to an activating group) is 1. The van der Waals surface area contributed by atoms with Gasteiger partial charge in [-0.2, -0.15) is 8.78 Å². The Balaban J connectivity index is 1.57. The second-order valence-electron chi connectivity index (χ2n) is 6.66. The van der Waals surface area contributed by atoms with Gasteiger partial charge in [-0.15, -0.1) is 0 Å². The van der Waals surface area contributed by atoms with E-state index in [-0.39, 0.29) is 12.7 Å². The molecule has 1 aromatic heterocycles. The van der Waals surface area contributed by atoms with E-state index >= 15 is 0 Å². The zero-order chi connectivity index (χ0) is 18.4. The van der Waals surface area contributed by atoms with Crippen molar-refractivity contribution in [3.63, 3.8) is 0 Å². The smallest absolute Gasteiger partial charge is 0.345 e. The SMILES string of the molecule is CN(CCOC(F)F)CCc1c[nH]c2ccc(O[C@H]3CCCOC3)cc12. The van der Waals surface area contributed by atoms with Crippen LogP contribution >= 0.6 is 0 Å². The lowest BCUT2D eigenvalue weighted by atomic mass is 10.1. The number of aromatic nitrogens is 1. The highest BCUT2D eigenvalue weighted by atomic mass is 19.3. The molecule has 7 heteroatoms. The Morgan fingerprint density at radius 1 is 1.35 bits per heavy atom. The number of nitrogens with zero attached hydrogens (tertiary/aromatic N) is 1. The van der Waals surface area contributed by atoms with Crippen LogP contribution in [-0.4, -0.2) is 62.6 Å². The van der Waals surface area contributed by atoms with Crippen LogP contribution in [0.5, 0.6) is 5.75 Å². The molecule has 1 aliphatic heterocycles. The van der Waals surface area contributed by atoms with Crippen LogP contribution in [0.3, 0.4) is 0 Å². The highest BCUT2D eigenvalue weighted by Gasteiger charge is 2.16. The second-order valence-corrected chi connectivity index (χ2v) is 6.66. The molecule has 26 heavy (non-hydrogen) atoms. The number of hydrogen-bond acceptors (Lipinski definition) is 4. The Morgan fingerprint density at radius 3 is 3.00 bits per heavy atom. The van der Waals surface area contributed by atoms with Gasteiger partial charge in [-0.3, -0.25) is 0 Å². The summed E-state index contributed by atoms with van der Waals surface area (Å²) in [6.07, 6.45) is 4.99. The molecule has 144 valence electrons. The van der Waals surface area contributed by atoms with Gasteiger partial charge in [0.15, 0.2) is 0 Å². The van der Waals surface area contributed by atoms with Gasteiger partial charge in [0, 0.05) is 36.8 Å². The molecule has 0 aliphatic carbocycles. The van der Waals surface area contributed by atoms with Crippen molar-refractivity contribution in [2.75, 3.05) is 40.0 Å². The normalized spacial score (nSPS) is 18.1. The van der Waals surface area contributed by atoms with E-state index in [0.29, 0.717) is 13.2 Å². The second kappa shape index (κ2) is 9.30. The maximum Gasteiger partial charge on any atom is 0.345 e. The number of halogens is 2. The first-order chi connectivity index (χ1) is 12.6. The summed E-state index contributed by atoms with van der Waals surface area (Å²) in [5.74, 6) is 0.854. The van der Waals surface area contributed by atoms with Crippen LogP contribution in [0.1, 0.15) is 18.4 Å². The van der Waals surface area contributed by atoms with Crippen molar-refractivity contribution < 1.29 is 23.0 Å². The summed E-state index contributed by atoms with van der Waals surface area (Å²) in [7, 11) is 1.90. The predicted molar refractivity (Wildman–Crippen MR) is 95.9 cm³/mol. The van der Waals surface area contributed by atoms with E-state index in [1.54, 1.807) is 0 Å². The lowest BCUT2D eigenvalue weighted by molar-refractivity contribution is -0.131. The zero-order valence-electron chi connectivity index (χ0n) is 15.0. The molecule has 0 unspecified atom stereocenters. The number of rotatable bonds is 9. The molecule has 0 saturated carbocycles. The summed E-state index contributed by atoms with van der Waals surface area (Å²) in [6, 6.07) is 6.07. The summed E-state index contributed by atoms with van der Waals surface area (Å²) in [5, 5.41) is 1.14.